The summed E-state index contributed by atoms with van der Waals surface area (Å²) in [6.45, 7) is 0. The Bertz CT molecular complexity index is 1680. The summed E-state index contributed by atoms with van der Waals surface area (Å²) in [5, 5.41) is 10.9. The van der Waals surface area contributed by atoms with Gasteiger partial charge in [-0.05, 0) is 51.0 Å². The average molecular weight is 564 g/mol. The third-order valence-corrected chi connectivity index (χ3v) is 9.55. The van der Waals surface area contributed by atoms with Crippen molar-refractivity contribution in [3.8, 4) is 17.0 Å². The van der Waals surface area contributed by atoms with Crippen molar-refractivity contribution in [3.05, 3.63) is 42.4 Å². The number of nitrogens with two attached hydrogens (primary N) is 1. The Morgan fingerprint density at radius 1 is 1.10 bits per heavy atom. The maximum absolute atomic E-state index is 13.1. The minimum absolute atomic E-state index is 0.00330. The molecule has 13 nitrogen and oxygen atoms in total. The molecule has 0 radical (unpaired) electrons. The van der Waals surface area contributed by atoms with Gasteiger partial charge in [-0.25, -0.2) is 23.4 Å². The van der Waals surface area contributed by atoms with Gasteiger partial charge in [0.15, 0.2) is 15.5 Å². The molecule has 1 aliphatic carbocycles. The number of amides is 1. The summed E-state index contributed by atoms with van der Waals surface area (Å²) in [6, 6.07) is 3.59. The first kappa shape index (κ1) is 24.9. The van der Waals surface area contributed by atoms with Crippen molar-refractivity contribution in [1.82, 2.24) is 39.7 Å². The molecular weight excluding hydrogens is 534 g/mol. The molecule has 4 aromatic heterocycles. The van der Waals surface area contributed by atoms with Gasteiger partial charge in [0.05, 0.1) is 11.9 Å². The normalized spacial score (nSPS) is 22.9. The van der Waals surface area contributed by atoms with Crippen LogP contribution < -0.4 is 10.5 Å². The van der Waals surface area contributed by atoms with Crippen molar-refractivity contribution >= 4 is 27.2 Å². The molecule has 6 heterocycles. The fraction of sp³-hybridized carbons (Fsp3) is 0.462. The number of piperidine rings is 1. The van der Waals surface area contributed by atoms with Gasteiger partial charge in [-0.15, -0.1) is 0 Å². The quantitative estimate of drug-likeness (QED) is 0.354. The highest BCUT2D eigenvalue weighted by molar-refractivity contribution is 7.91. The Morgan fingerprint density at radius 3 is 2.48 bits per heavy atom. The highest BCUT2D eigenvalue weighted by Gasteiger charge is 2.46. The number of pyridine rings is 1. The molecule has 3 atom stereocenters. The molecule has 40 heavy (non-hydrogen) atoms. The van der Waals surface area contributed by atoms with Crippen molar-refractivity contribution in [3.63, 3.8) is 0 Å². The summed E-state index contributed by atoms with van der Waals surface area (Å²) < 4.78 is 33.3. The largest absolute Gasteiger partial charge is 0.474 e. The average Bonchev–Trinajstić information content (AvgIpc) is 3.64. The van der Waals surface area contributed by atoms with Crippen molar-refractivity contribution < 1.29 is 17.9 Å². The van der Waals surface area contributed by atoms with E-state index in [4.69, 9.17) is 15.5 Å². The zero-order chi connectivity index (χ0) is 27.6. The summed E-state index contributed by atoms with van der Waals surface area (Å²) in [7, 11) is -3.74. The summed E-state index contributed by atoms with van der Waals surface area (Å²) in [5.74, 6) is 0.411. The fourth-order valence-corrected chi connectivity index (χ4v) is 7.37. The second-order valence-corrected chi connectivity index (χ2v) is 12.9. The van der Waals surface area contributed by atoms with Gasteiger partial charge in [0.2, 0.25) is 11.7 Å². The van der Waals surface area contributed by atoms with Crippen molar-refractivity contribution in [2.45, 2.75) is 73.9 Å². The molecular formula is C26H29N9O4S. The highest BCUT2D eigenvalue weighted by atomic mass is 32.2. The number of aromatic amines is 1. The predicted octanol–water partition coefficient (Wildman–Crippen LogP) is 2.38. The molecule has 1 saturated carbocycles. The lowest BCUT2D eigenvalue weighted by atomic mass is 9.87. The first-order valence-corrected chi connectivity index (χ1v) is 15.4. The molecule has 0 aromatic carbocycles. The zero-order valence-corrected chi connectivity index (χ0v) is 22.7. The van der Waals surface area contributed by atoms with Crippen molar-refractivity contribution in [2.24, 2.45) is 0 Å². The van der Waals surface area contributed by atoms with Crippen LogP contribution in [0.3, 0.4) is 0 Å². The summed E-state index contributed by atoms with van der Waals surface area (Å²) >= 11 is 0. The Labute approximate surface area is 230 Å². The number of sulfone groups is 1. The second-order valence-electron chi connectivity index (χ2n) is 10.9. The number of nitrogens with one attached hydrogen (secondary N) is 1. The third kappa shape index (κ3) is 4.08. The molecule has 14 heteroatoms. The number of fused-ring (bicyclic) bond motifs is 3. The van der Waals surface area contributed by atoms with Crippen LogP contribution in [0.1, 0.15) is 67.2 Å². The zero-order valence-electron chi connectivity index (χ0n) is 21.9. The number of rotatable bonds is 6. The number of anilines is 1. The highest BCUT2D eigenvalue weighted by Crippen LogP contribution is 2.45. The third-order valence-electron chi connectivity index (χ3n) is 8.39. The van der Waals surface area contributed by atoms with Crippen LogP contribution >= 0.6 is 0 Å². The Kier molecular flexibility index (Phi) is 5.77. The Morgan fingerprint density at radius 2 is 1.88 bits per heavy atom. The van der Waals surface area contributed by atoms with Gasteiger partial charge in [0, 0.05) is 47.6 Å². The van der Waals surface area contributed by atoms with E-state index in [1.807, 2.05) is 17.0 Å². The molecule has 208 valence electrons. The Balaban J connectivity index is 1.26. The van der Waals surface area contributed by atoms with E-state index in [0.717, 1.165) is 37.5 Å². The standard InChI is InChI=1S/C26H29N9O4S/c1-40(37,38)22-21(15-9-16-6-7-17(10-15)34(16)26(36)24-29-13-30-33-24)32-25-19(12-31-35(25)23(22)27)14-5-8-20(28-11-14)39-18-3-2-4-18/h5,8,11-13,15-18H,2-4,6-7,9-10,27H2,1H3,(H,29,30,33)/t15?,16-,17+. The van der Waals surface area contributed by atoms with Gasteiger partial charge in [0.25, 0.3) is 5.91 Å². The van der Waals surface area contributed by atoms with Gasteiger partial charge >= 0.3 is 0 Å². The van der Waals surface area contributed by atoms with Crippen molar-refractivity contribution in [2.75, 3.05) is 12.0 Å². The number of hydrogen-bond acceptors (Lipinski definition) is 10. The number of aromatic nitrogens is 7. The van der Waals surface area contributed by atoms with Crippen LogP contribution in [0.15, 0.2) is 35.7 Å². The SMILES string of the molecule is CS(=O)(=O)c1c(C2C[C@H]3CC[C@@H](C2)N3C(=O)c2ncn[nH]2)nc2c(-c3ccc(OC4CCC4)nc3)cnn2c1N. The number of carbonyl (C=O) groups excluding carboxylic acids is 1. The van der Waals surface area contributed by atoms with Crippen LogP contribution in [0, 0.1) is 0 Å². The fourth-order valence-electron chi connectivity index (χ4n) is 6.31. The van der Waals surface area contributed by atoms with E-state index in [1.54, 1.807) is 12.4 Å². The van der Waals surface area contributed by atoms with Gasteiger partial charge in [-0.2, -0.15) is 14.7 Å². The predicted molar refractivity (Wildman–Crippen MR) is 143 cm³/mol. The van der Waals surface area contributed by atoms with E-state index >= 15 is 0 Å². The number of nitrogens with zero attached hydrogens (tertiary/aromatic N) is 7. The summed E-state index contributed by atoms with van der Waals surface area (Å²) in [6.07, 6.45) is 12.1. The maximum Gasteiger partial charge on any atom is 0.291 e. The Hall–Kier alpha value is -4.07. The number of H-pyrrole nitrogens is 1. The van der Waals surface area contributed by atoms with E-state index in [0.29, 0.717) is 35.6 Å². The molecule has 4 aromatic rings. The minimum atomic E-state index is -3.74. The molecule has 3 fully saturated rings. The summed E-state index contributed by atoms with van der Waals surface area (Å²) in [5.41, 5.74) is 8.84. The van der Waals surface area contributed by atoms with E-state index in [9.17, 15) is 13.2 Å². The van der Waals surface area contributed by atoms with Crippen LogP contribution in [0.25, 0.3) is 16.8 Å². The monoisotopic (exact) mass is 563 g/mol. The lowest BCUT2D eigenvalue weighted by molar-refractivity contribution is 0.0556. The van der Waals surface area contributed by atoms with Crippen LogP contribution in [0.5, 0.6) is 5.88 Å². The van der Waals surface area contributed by atoms with Crippen molar-refractivity contribution in [1.29, 1.82) is 0 Å². The van der Waals surface area contributed by atoms with E-state index < -0.39 is 9.84 Å². The molecule has 7 rings (SSSR count). The van der Waals surface area contributed by atoms with E-state index in [1.165, 1.54) is 17.3 Å². The molecule has 1 unspecified atom stereocenters. The molecule has 0 spiro atoms. The first-order valence-electron chi connectivity index (χ1n) is 13.5. The van der Waals surface area contributed by atoms with Gasteiger partial charge in [0.1, 0.15) is 23.1 Å². The lowest BCUT2D eigenvalue weighted by Crippen LogP contribution is -2.46. The van der Waals surface area contributed by atoms with Gasteiger partial charge < -0.3 is 15.4 Å². The topological polar surface area (TPSA) is 174 Å². The number of ether oxygens (including phenoxy) is 1. The number of carbonyl (C=O) groups is 1. The molecule has 3 aliphatic rings. The van der Waals surface area contributed by atoms with Crippen LogP contribution in [0.4, 0.5) is 5.82 Å². The van der Waals surface area contributed by atoms with Gasteiger partial charge in [-0.1, -0.05) is 0 Å². The lowest BCUT2D eigenvalue weighted by Gasteiger charge is -2.38. The molecule has 2 bridgehead atoms. The smallest absolute Gasteiger partial charge is 0.291 e. The second kappa shape index (κ2) is 9.25. The first-order chi connectivity index (χ1) is 19.3. The summed E-state index contributed by atoms with van der Waals surface area (Å²) in [4.78, 5) is 28.4. The van der Waals surface area contributed by atoms with Crippen LogP contribution in [0.2, 0.25) is 0 Å². The molecule has 2 saturated heterocycles. The number of hydrogen-bond donors (Lipinski definition) is 2. The van der Waals surface area contributed by atoms with Crippen LogP contribution in [-0.4, -0.2) is 78.4 Å². The molecule has 3 N–H and O–H groups in total. The molecule has 2 aliphatic heterocycles. The number of nitrogen functional groups attached to an aromatic ring is 1. The minimum Gasteiger partial charge on any atom is -0.474 e. The molecule has 1 amide bonds. The van der Waals surface area contributed by atoms with E-state index in [-0.39, 0.29) is 46.6 Å². The van der Waals surface area contributed by atoms with Crippen LogP contribution in [-0.2, 0) is 9.84 Å². The van der Waals surface area contributed by atoms with Gasteiger partial charge in [-0.3, -0.25) is 9.89 Å². The maximum atomic E-state index is 13.1. The van der Waals surface area contributed by atoms with E-state index in [2.05, 4.69) is 25.3 Å².